The highest BCUT2D eigenvalue weighted by atomic mass is 32.1. The van der Waals surface area contributed by atoms with Crippen LogP contribution < -0.4 is 11.1 Å². The number of anilines is 1. The summed E-state index contributed by atoms with van der Waals surface area (Å²) in [5.41, 5.74) is 5.06. The second kappa shape index (κ2) is 4.74. The molecule has 0 aliphatic heterocycles. The number of thiazole rings is 1. The summed E-state index contributed by atoms with van der Waals surface area (Å²) in [5.74, 6) is -0.933. The highest BCUT2D eigenvalue weighted by molar-refractivity contribution is 7.17. The number of ether oxygens (including phenoxy) is 1. The van der Waals surface area contributed by atoms with E-state index < -0.39 is 17.9 Å². The SMILES string of the molecule is COC(=O)c1cnc(NC(C)C(N)=O)s1. The lowest BCUT2D eigenvalue weighted by Crippen LogP contribution is -2.32. The molecule has 1 rings (SSSR count). The Kier molecular flexibility index (Phi) is 3.62. The Labute approximate surface area is 90.4 Å². The molecule has 6 nitrogen and oxygen atoms in total. The maximum Gasteiger partial charge on any atom is 0.349 e. The quantitative estimate of drug-likeness (QED) is 0.720. The van der Waals surface area contributed by atoms with Crippen LogP contribution in [0.4, 0.5) is 5.13 Å². The number of hydrogen-bond acceptors (Lipinski definition) is 6. The zero-order valence-electron chi connectivity index (χ0n) is 8.31. The van der Waals surface area contributed by atoms with Crippen LogP contribution in [0.2, 0.25) is 0 Å². The van der Waals surface area contributed by atoms with Crippen molar-refractivity contribution in [1.82, 2.24) is 4.98 Å². The van der Waals surface area contributed by atoms with E-state index in [1.165, 1.54) is 13.3 Å². The van der Waals surface area contributed by atoms with E-state index in [-0.39, 0.29) is 0 Å². The highest BCUT2D eigenvalue weighted by Gasteiger charge is 2.13. The van der Waals surface area contributed by atoms with Gasteiger partial charge in [0.25, 0.3) is 0 Å². The molecule has 1 aromatic heterocycles. The lowest BCUT2D eigenvalue weighted by Gasteiger charge is -2.06. The zero-order chi connectivity index (χ0) is 11.4. The van der Waals surface area contributed by atoms with Gasteiger partial charge in [-0.1, -0.05) is 11.3 Å². The van der Waals surface area contributed by atoms with Gasteiger partial charge in [-0.2, -0.15) is 0 Å². The Balaban J connectivity index is 2.68. The summed E-state index contributed by atoms with van der Waals surface area (Å²) >= 11 is 1.11. The molecule has 0 aliphatic carbocycles. The molecular formula is C8H11N3O3S. The van der Waals surface area contributed by atoms with Crippen LogP contribution in [0.3, 0.4) is 0 Å². The Hall–Kier alpha value is -1.63. The third-order valence-corrected chi connectivity index (χ3v) is 2.57. The van der Waals surface area contributed by atoms with Gasteiger partial charge in [-0.25, -0.2) is 9.78 Å². The number of hydrogen-bond donors (Lipinski definition) is 2. The van der Waals surface area contributed by atoms with Gasteiger partial charge >= 0.3 is 5.97 Å². The number of carbonyl (C=O) groups excluding carboxylic acids is 2. The first-order valence-electron chi connectivity index (χ1n) is 4.14. The molecule has 15 heavy (non-hydrogen) atoms. The number of esters is 1. The molecule has 0 saturated heterocycles. The van der Waals surface area contributed by atoms with Crippen molar-refractivity contribution in [3.63, 3.8) is 0 Å². The summed E-state index contributed by atoms with van der Waals surface area (Å²) in [7, 11) is 1.29. The van der Waals surface area contributed by atoms with Crippen molar-refractivity contribution < 1.29 is 14.3 Å². The summed E-state index contributed by atoms with van der Waals surface area (Å²) < 4.78 is 4.51. The lowest BCUT2D eigenvalue weighted by molar-refractivity contribution is -0.118. The first-order valence-corrected chi connectivity index (χ1v) is 4.96. The van der Waals surface area contributed by atoms with Crippen LogP contribution in [-0.4, -0.2) is 30.0 Å². The minimum Gasteiger partial charge on any atom is -0.465 e. The predicted molar refractivity (Wildman–Crippen MR) is 55.7 cm³/mol. The molecule has 0 spiro atoms. The van der Waals surface area contributed by atoms with E-state index in [0.717, 1.165) is 11.3 Å². The van der Waals surface area contributed by atoms with Crippen molar-refractivity contribution in [2.45, 2.75) is 13.0 Å². The number of rotatable bonds is 4. The number of nitrogens with one attached hydrogen (secondary N) is 1. The second-order valence-electron chi connectivity index (χ2n) is 2.79. The molecule has 1 aromatic rings. The molecule has 0 bridgehead atoms. The molecule has 1 amide bonds. The average molecular weight is 229 g/mol. The number of carbonyl (C=O) groups is 2. The van der Waals surface area contributed by atoms with Crippen LogP contribution in [0, 0.1) is 0 Å². The fourth-order valence-electron chi connectivity index (χ4n) is 0.792. The average Bonchev–Trinajstić information content (AvgIpc) is 2.65. The normalized spacial score (nSPS) is 11.9. The first kappa shape index (κ1) is 11.4. The van der Waals surface area contributed by atoms with Crippen molar-refractivity contribution in [2.24, 2.45) is 5.73 Å². The van der Waals surface area contributed by atoms with E-state index in [9.17, 15) is 9.59 Å². The van der Waals surface area contributed by atoms with Gasteiger partial charge < -0.3 is 15.8 Å². The van der Waals surface area contributed by atoms with Crippen LogP contribution in [0.1, 0.15) is 16.6 Å². The third-order valence-electron chi connectivity index (χ3n) is 1.66. The van der Waals surface area contributed by atoms with E-state index in [0.29, 0.717) is 10.0 Å². The van der Waals surface area contributed by atoms with Crippen LogP contribution >= 0.6 is 11.3 Å². The van der Waals surface area contributed by atoms with E-state index in [1.807, 2.05) is 0 Å². The molecule has 0 saturated carbocycles. The molecule has 0 aliphatic rings. The molecule has 0 radical (unpaired) electrons. The van der Waals surface area contributed by atoms with Crippen LogP contribution in [0.15, 0.2) is 6.20 Å². The maximum absolute atomic E-state index is 11.1. The van der Waals surface area contributed by atoms with Gasteiger partial charge in [0, 0.05) is 0 Å². The van der Waals surface area contributed by atoms with Gasteiger partial charge in [0.15, 0.2) is 5.13 Å². The van der Waals surface area contributed by atoms with Gasteiger partial charge in [-0.05, 0) is 6.92 Å². The summed E-state index contributed by atoms with van der Waals surface area (Å²) in [6.07, 6.45) is 1.38. The predicted octanol–water partition coefficient (Wildman–Crippen LogP) is 0.215. The van der Waals surface area contributed by atoms with Gasteiger partial charge in [0.05, 0.1) is 13.3 Å². The van der Waals surface area contributed by atoms with E-state index in [2.05, 4.69) is 15.0 Å². The number of aromatic nitrogens is 1. The molecule has 1 unspecified atom stereocenters. The number of nitrogens with two attached hydrogens (primary N) is 1. The molecule has 1 atom stereocenters. The Morgan fingerprint density at radius 1 is 1.67 bits per heavy atom. The number of methoxy groups -OCH3 is 1. The van der Waals surface area contributed by atoms with E-state index in [1.54, 1.807) is 6.92 Å². The van der Waals surface area contributed by atoms with Crippen LogP contribution in [-0.2, 0) is 9.53 Å². The van der Waals surface area contributed by atoms with E-state index >= 15 is 0 Å². The smallest absolute Gasteiger partial charge is 0.349 e. The Morgan fingerprint density at radius 2 is 2.33 bits per heavy atom. The molecule has 3 N–H and O–H groups in total. The molecule has 1 heterocycles. The van der Waals surface area contributed by atoms with Crippen LogP contribution in [0.25, 0.3) is 0 Å². The van der Waals surface area contributed by atoms with E-state index in [4.69, 9.17) is 5.73 Å². The fraction of sp³-hybridized carbons (Fsp3) is 0.375. The fourth-order valence-corrected chi connectivity index (χ4v) is 1.61. The standard InChI is InChI=1S/C8H11N3O3S/c1-4(6(9)12)11-8-10-3-5(15-8)7(13)14-2/h3-4H,1-2H3,(H2,9,12)(H,10,11). The molecule has 0 aromatic carbocycles. The van der Waals surface area contributed by atoms with Crippen molar-refractivity contribution in [1.29, 1.82) is 0 Å². The number of primary amides is 1. The van der Waals surface area contributed by atoms with Crippen LogP contribution in [0.5, 0.6) is 0 Å². The number of nitrogens with zero attached hydrogens (tertiary/aromatic N) is 1. The van der Waals surface area contributed by atoms with Gasteiger partial charge in [0.1, 0.15) is 10.9 Å². The maximum atomic E-state index is 11.1. The van der Waals surface area contributed by atoms with Crippen molar-refractivity contribution in [2.75, 3.05) is 12.4 Å². The molecule has 82 valence electrons. The topological polar surface area (TPSA) is 94.3 Å². The zero-order valence-corrected chi connectivity index (χ0v) is 9.13. The first-order chi connectivity index (χ1) is 7.04. The van der Waals surface area contributed by atoms with Crippen molar-refractivity contribution in [3.05, 3.63) is 11.1 Å². The Morgan fingerprint density at radius 3 is 2.87 bits per heavy atom. The van der Waals surface area contributed by atoms with Gasteiger partial charge in [-0.3, -0.25) is 4.79 Å². The van der Waals surface area contributed by atoms with Gasteiger partial charge in [0.2, 0.25) is 5.91 Å². The molecule has 0 fully saturated rings. The highest BCUT2D eigenvalue weighted by Crippen LogP contribution is 2.19. The van der Waals surface area contributed by atoms with Crippen molar-refractivity contribution >= 4 is 28.3 Å². The minimum atomic E-state index is -0.526. The number of amides is 1. The summed E-state index contributed by atoms with van der Waals surface area (Å²) in [6.45, 7) is 1.61. The summed E-state index contributed by atoms with van der Waals surface area (Å²) in [4.78, 5) is 26.1. The molecule has 7 heteroatoms. The third kappa shape index (κ3) is 2.91. The second-order valence-corrected chi connectivity index (χ2v) is 3.82. The van der Waals surface area contributed by atoms with Crippen molar-refractivity contribution in [3.8, 4) is 0 Å². The lowest BCUT2D eigenvalue weighted by atomic mass is 10.3. The Bertz CT molecular complexity index is 377. The largest absolute Gasteiger partial charge is 0.465 e. The molecular weight excluding hydrogens is 218 g/mol. The summed E-state index contributed by atoms with van der Waals surface area (Å²) in [5, 5.41) is 3.23. The summed E-state index contributed by atoms with van der Waals surface area (Å²) in [6, 6.07) is -0.526. The monoisotopic (exact) mass is 229 g/mol. The minimum absolute atomic E-state index is 0.372. The van der Waals surface area contributed by atoms with Gasteiger partial charge in [-0.15, -0.1) is 0 Å².